The Balaban J connectivity index is 1.73. The highest BCUT2D eigenvalue weighted by molar-refractivity contribution is 6.05. The third-order valence-electron chi connectivity index (χ3n) is 4.00. The number of benzene rings is 2. The van der Waals surface area contributed by atoms with Crippen molar-refractivity contribution >= 4 is 16.8 Å². The molecule has 0 saturated heterocycles. The van der Waals surface area contributed by atoms with E-state index < -0.39 is 17.3 Å². The van der Waals surface area contributed by atoms with Crippen LogP contribution in [0.4, 0.5) is 4.39 Å². The maximum Gasteiger partial charge on any atom is 0.252 e. The van der Waals surface area contributed by atoms with Crippen molar-refractivity contribution < 1.29 is 18.7 Å². The number of carbonyl (C=O) groups is 1. The number of pyridine rings is 1. The van der Waals surface area contributed by atoms with Gasteiger partial charge in [0.15, 0.2) is 11.5 Å². The van der Waals surface area contributed by atoms with Gasteiger partial charge in [0.25, 0.3) is 5.91 Å². The maximum atomic E-state index is 13.6. The lowest BCUT2D eigenvalue weighted by molar-refractivity contribution is 0.0933. The summed E-state index contributed by atoms with van der Waals surface area (Å²) in [6.07, 6.45) is -0.352. The highest BCUT2D eigenvalue weighted by Crippen LogP contribution is 2.26. The quantitative estimate of drug-likeness (QED) is 0.699. The molecular weight excluding hydrogens is 351 g/mol. The fourth-order valence-corrected chi connectivity index (χ4v) is 2.72. The van der Waals surface area contributed by atoms with E-state index in [1.165, 1.54) is 18.2 Å². The molecule has 1 aromatic heterocycles. The number of halogens is 1. The van der Waals surface area contributed by atoms with Crippen molar-refractivity contribution in [2.45, 2.75) is 13.0 Å². The Morgan fingerprint density at radius 3 is 2.67 bits per heavy atom. The number of fused-ring (bicyclic) bond motifs is 1. The predicted octanol–water partition coefficient (Wildman–Crippen LogP) is 2.87. The molecule has 1 unspecified atom stereocenters. The number of nitrogens with one attached hydrogen (secondary N) is 2. The van der Waals surface area contributed by atoms with Gasteiger partial charge in [-0.25, -0.2) is 4.39 Å². The van der Waals surface area contributed by atoms with Gasteiger partial charge in [-0.15, -0.1) is 0 Å². The van der Waals surface area contributed by atoms with E-state index in [0.717, 1.165) is 6.07 Å². The summed E-state index contributed by atoms with van der Waals surface area (Å²) in [4.78, 5) is 26.9. The van der Waals surface area contributed by atoms with Crippen LogP contribution in [-0.4, -0.2) is 30.6 Å². The lowest BCUT2D eigenvalue weighted by Gasteiger charge is -2.17. The molecule has 0 radical (unpaired) electrons. The van der Waals surface area contributed by atoms with Crippen LogP contribution in [0.3, 0.4) is 0 Å². The average Bonchev–Trinajstić information content (AvgIpc) is 2.66. The van der Waals surface area contributed by atoms with Gasteiger partial charge in [-0.2, -0.15) is 0 Å². The molecule has 0 saturated carbocycles. The molecule has 0 fully saturated rings. The SMILES string of the molecule is COc1ccccc1OC(C)CNC(=O)c1cc(=O)[nH]c2ccc(F)cc12. The van der Waals surface area contributed by atoms with Gasteiger partial charge < -0.3 is 19.8 Å². The smallest absolute Gasteiger partial charge is 0.252 e. The predicted molar refractivity (Wildman–Crippen MR) is 99.9 cm³/mol. The number of rotatable bonds is 6. The van der Waals surface area contributed by atoms with Crippen LogP contribution >= 0.6 is 0 Å². The molecule has 0 aliphatic heterocycles. The zero-order valence-electron chi connectivity index (χ0n) is 14.9. The zero-order chi connectivity index (χ0) is 19.4. The molecule has 27 heavy (non-hydrogen) atoms. The van der Waals surface area contributed by atoms with Crippen molar-refractivity contribution in [2.24, 2.45) is 0 Å². The summed E-state index contributed by atoms with van der Waals surface area (Å²) in [5.41, 5.74) is 0.0719. The fraction of sp³-hybridized carbons (Fsp3) is 0.200. The Labute approximate surface area is 154 Å². The van der Waals surface area contributed by atoms with Crippen LogP contribution in [-0.2, 0) is 0 Å². The highest BCUT2D eigenvalue weighted by Gasteiger charge is 2.15. The maximum absolute atomic E-state index is 13.6. The number of hydrogen-bond donors (Lipinski definition) is 2. The van der Waals surface area contributed by atoms with E-state index in [9.17, 15) is 14.0 Å². The first-order valence-corrected chi connectivity index (χ1v) is 8.38. The molecule has 3 aromatic rings. The molecule has 6 nitrogen and oxygen atoms in total. The number of aromatic nitrogens is 1. The van der Waals surface area contributed by atoms with E-state index in [4.69, 9.17) is 9.47 Å². The molecule has 0 spiro atoms. The number of H-pyrrole nitrogens is 1. The van der Waals surface area contributed by atoms with E-state index in [2.05, 4.69) is 10.3 Å². The Kier molecular flexibility index (Phi) is 5.40. The summed E-state index contributed by atoms with van der Waals surface area (Å²) in [7, 11) is 1.55. The first-order valence-electron chi connectivity index (χ1n) is 8.38. The molecule has 1 atom stereocenters. The Morgan fingerprint density at radius 1 is 1.19 bits per heavy atom. The molecule has 7 heteroatoms. The van der Waals surface area contributed by atoms with Crippen LogP contribution in [0, 0.1) is 5.82 Å². The molecule has 2 aromatic carbocycles. The van der Waals surface area contributed by atoms with Gasteiger partial charge in [0.1, 0.15) is 11.9 Å². The van der Waals surface area contributed by atoms with Gasteiger partial charge in [0.2, 0.25) is 5.56 Å². The Hall–Kier alpha value is -3.35. The summed E-state index contributed by atoms with van der Waals surface area (Å²) >= 11 is 0. The monoisotopic (exact) mass is 370 g/mol. The van der Waals surface area contributed by atoms with Crippen LogP contribution in [0.15, 0.2) is 53.3 Å². The Bertz CT molecular complexity index is 1030. The van der Waals surface area contributed by atoms with Crippen molar-refractivity contribution in [1.82, 2.24) is 10.3 Å². The third-order valence-corrected chi connectivity index (χ3v) is 4.00. The van der Waals surface area contributed by atoms with Gasteiger partial charge in [-0.1, -0.05) is 12.1 Å². The van der Waals surface area contributed by atoms with E-state index in [0.29, 0.717) is 22.4 Å². The third kappa shape index (κ3) is 4.25. The van der Waals surface area contributed by atoms with Crippen LogP contribution < -0.4 is 20.3 Å². The normalized spacial score (nSPS) is 11.8. The van der Waals surface area contributed by atoms with E-state index in [-0.39, 0.29) is 18.2 Å². The number of methoxy groups -OCH3 is 1. The second-order valence-corrected chi connectivity index (χ2v) is 6.03. The van der Waals surface area contributed by atoms with Gasteiger partial charge in [0.05, 0.1) is 19.2 Å². The summed E-state index contributed by atoms with van der Waals surface area (Å²) in [5, 5.41) is 3.05. The molecule has 0 aliphatic carbocycles. The zero-order valence-corrected chi connectivity index (χ0v) is 14.9. The molecule has 1 heterocycles. The summed E-state index contributed by atoms with van der Waals surface area (Å²) in [5.74, 6) is 0.181. The highest BCUT2D eigenvalue weighted by atomic mass is 19.1. The van der Waals surface area contributed by atoms with Crippen molar-refractivity contribution in [3.8, 4) is 11.5 Å². The fourth-order valence-electron chi connectivity index (χ4n) is 2.72. The van der Waals surface area contributed by atoms with Gasteiger partial charge in [-0.3, -0.25) is 9.59 Å². The number of carbonyl (C=O) groups excluding carboxylic acids is 1. The summed E-state index contributed by atoms with van der Waals surface area (Å²) in [6.45, 7) is 1.99. The summed E-state index contributed by atoms with van der Waals surface area (Å²) < 4.78 is 24.6. The van der Waals surface area contributed by atoms with Crippen LogP contribution in [0.1, 0.15) is 17.3 Å². The average molecular weight is 370 g/mol. The first-order chi connectivity index (χ1) is 13.0. The van der Waals surface area contributed by atoms with Gasteiger partial charge >= 0.3 is 0 Å². The molecule has 0 aliphatic rings. The van der Waals surface area contributed by atoms with Crippen molar-refractivity contribution in [3.63, 3.8) is 0 Å². The summed E-state index contributed by atoms with van der Waals surface area (Å²) in [6, 6.07) is 12.2. The first kappa shape index (κ1) is 18.4. The Morgan fingerprint density at radius 2 is 1.93 bits per heavy atom. The van der Waals surface area contributed by atoms with Crippen molar-refractivity contribution in [2.75, 3.05) is 13.7 Å². The van der Waals surface area contributed by atoms with Crippen LogP contribution in [0.2, 0.25) is 0 Å². The number of para-hydroxylation sites is 2. The van der Waals surface area contributed by atoms with Crippen molar-refractivity contribution in [3.05, 3.63) is 70.3 Å². The van der Waals surface area contributed by atoms with E-state index in [1.807, 2.05) is 12.1 Å². The molecular formula is C20H19FN2O4. The molecule has 2 N–H and O–H groups in total. The van der Waals surface area contributed by atoms with E-state index in [1.54, 1.807) is 26.2 Å². The van der Waals surface area contributed by atoms with E-state index >= 15 is 0 Å². The minimum Gasteiger partial charge on any atom is -0.493 e. The molecule has 3 rings (SSSR count). The largest absolute Gasteiger partial charge is 0.493 e. The standard InChI is InChI=1S/C20H19FN2O4/c1-12(27-18-6-4-3-5-17(18)26-2)11-22-20(25)15-10-19(24)23-16-8-7-13(21)9-14(15)16/h3-10,12H,11H2,1-2H3,(H,22,25)(H,23,24). The van der Waals surface area contributed by atoms with Crippen LogP contribution in [0.25, 0.3) is 10.9 Å². The number of aromatic amines is 1. The van der Waals surface area contributed by atoms with Gasteiger partial charge in [-0.05, 0) is 37.3 Å². The lowest BCUT2D eigenvalue weighted by atomic mass is 10.1. The number of ether oxygens (including phenoxy) is 2. The number of amides is 1. The topological polar surface area (TPSA) is 80.4 Å². The number of hydrogen-bond acceptors (Lipinski definition) is 4. The molecule has 140 valence electrons. The minimum atomic E-state index is -0.489. The molecule has 0 bridgehead atoms. The van der Waals surface area contributed by atoms with Gasteiger partial charge in [0, 0.05) is 17.0 Å². The van der Waals surface area contributed by atoms with Crippen molar-refractivity contribution in [1.29, 1.82) is 0 Å². The van der Waals surface area contributed by atoms with Crippen LogP contribution in [0.5, 0.6) is 11.5 Å². The second kappa shape index (κ2) is 7.90. The lowest BCUT2D eigenvalue weighted by Crippen LogP contribution is -2.34. The minimum absolute atomic E-state index is 0.109. The molecule has 1 amide bonds. The second-order valence-electron chi connectivity index (χ2n) is 6.03.